The van der Waals surface area contributed by atoms with Crippen molar-refractivity contribution in [3.05, 3.63) is 24.3 Å². The summed E-state index contributed by atoms with van der Waals surface area (Å²) in [5, 5.41) is 0. The van der Waals surface area contributed by atoms with Crippen molar-refractivity contribution in [2.45, 2.75) is 18.9 Å². The fourth-order valence-corrected chi connectivity index (χ4v) is 1.01. The van der Waals surface area contributed by atoms with E-state index in [1.165, 1.54) is 7.11 Å². The predicted octanol–water partition coefficient (Wildman–Crippen LogP) is 0.430. The van der Waals surface area contributed by atoms with E-state index in [1.54, 1.807) is 18.5 Å². The number of hydrogen-bond acceptors (Lipinski definition) is 5. The third-order valence-electron chi connectivity index (χ3n) is 1.80. The molecule has 0 bridgehead atoms. The van der Waals surface area contributed by atoms with Crippen LogP contribution in [0.4, 0.5) is 0 Å². The predicted molar refractivity (Wildman–Crippen MR) is 50.2 cm³/mol. The monoisotopic (exact) mass is 195 g/mol. The standard InChI is InChI=1S/C9H13N3O2/c1-14-8(13)4-3-7(10)9-11-5-2-6-12-9/h2,5-7H,3-4,10H2,1H3. The molecule has 0 aliphatic carbocycles. The van der Waals surface area contributed by atoms with Gasteiger partial charge < -0.3 is 10.5 Å². The fraction of sp³-hybridized carbons (Fsp3) is 0.444. The molecule has 0 aliphatic heterocycles. The Morgan fingerprint density at radius 2 is 2.21 bits per heavy atom. The number of carbonyl (C=O) groups is 1. The third kappa shape index (κ3) is 3.10. The summed E-state index contributed by atoms with van der Waals surface area (Å²) in [4.78, 5) is 18.8. The van der Waals surface area contributed by atoms with Crippen LogP contribution in [0.25, 0.3) is 0 Å². The molecular formula is C9H13N3O2. The van der Waals surface area contributed by atoms with Gasteiger partial charge in [-0.1, -0.05) is 0 Å². The summed E-state index contributed by atoms with van der Waals surface area (Å²) in [6.45, 7) is 0. The molecule has 1 aromatic heterocycles. The minimum atomic E-state index is -0.310. The average molecular weight is 195 g/mol. The van der Waals surface area contributed by atoms with E-state index < -0.39 is 0 Å². The van der Waals surface area contributed by atoms with E-state index in [0.29, 0.717) is 12.2 Å². The van der Waals surface area contributed by atoms with Crippen LogP contribution in [-0.4, -0.2) is 23.0 Å². The van der Waals surface area contributed by atoms with Crippen LogP contribution in [0.2, 0.25) is 0 Å². The van der Waals surface area contributed by atoms with Gasteiger partial charge in [-0.05, 0) is 12.5 Å². The van der Waals surface area contributed by atoms with Crippen molar-refractivity contribution in [1.82, 2.24) is 9.97 Å². The summed E-state index contributed by atoms with van der Waals surface area (Å²) in [5.41, 5.74) is 5.77. The SMILES string of the molecule is COC(=O)CCC(N)c1ncccn1. The van der Waals surface area contributed by atoms with Crippen molar-refractivity contribution in [2.24, 2.45) is 5.73 Å². The maximum atomic E-state index is 10.8. The first kappa shape index (κ1) is 10.6. The maximum absolute atomic E-state index is 10.8. The first-order chi connectivity index (χ1) is 6.74. The number of esters is 1. The molecule has 1 atom stereocenters. The molecule has 5 heteroatoms. The number of nitrogens with zero attached hydrogens (tertiary/aromatic N) is 2. The molecule has 2 N–H and O–H groups in total. The molecule has 5 nitrogen and oxygen atoms in total. The Morgan fingerprint density at radius 1 is 1.57 bits per heavy atom. The zero-order valence-corrected chi connectivity index (χ0v) is 8.01. The minimum Gasteiger partial charge on any atom is -0.469 e. The number of carbonyl (C=O) groups excluding carboxylic acids is 1. The van der Waals surface area contributed by atoms with E-state index in [-0.39, 0.29) is 18.4 Å². The second kappa shape index (κ2) is 5.29. The molecule has 0 fully saturated rings. The molecule has 1 heterocycles. The quantitative estimate of drug-likeness (QED) is 0.705. The van der Waals surface area contributed by atoms with E-state index in [0.717, 1.165) is 0 Å². The van der Waals surface area contributed by atoms with Gasteiger partial charge in [-0.3, -0.25) is 4.79 Å². The third-order valence-corrected chi connectivity index (χ3v) is 1.80. The highest BCUT2D eigenvalue weighted by Crippen LogP contribution is 2.10. The van der Waals surface area contributed by atoms with Crippen molar-refractivity contribution < 1.29 is 9.53 Å². The first-order valence-electron chi connectivity index (χ1n) is 4.33. The molecular weight excluding hydrogens is 182 g/mol. The van der Waals surface area contributed by atoms with Crippen LogP contribution in [0, 0.1) is 0 Å². The summed E-state index contributed by atoms with van der Waals surface area (Å²) in [6.07, 6.45) is 4.03. The van der Waals surface area contributed by atoms with Crippen molar-refractivity contribution in [3.8, 4) is 0 Å². The number of aromatic nitrogens is 2. The average Bonchev–Trinajstić information content (AvgIpc) is 2.26. The van der Waals surface area contributed by atoms with Crippen LogP contribution in [0.15, 0.2) is 18.5 Å². The van der Waals surface area contributed by atoms with E-state index in [2.05, 4.69) is 14.7 Å². The van der Waals surface area contributed by atoms with Gasteiger partial charge in [-0.25, -0.2) is 9.97 Å². The van der Waals surface area contributed by atoms with Crippen molar-refractivity contribution in [1.29, 1.82) is 0 Å². The molecule has 1 aromatic rings. The molecule has 0 saturated carbocycles. The molecule has 1 unspecified atom stereocenters. The van der Waals surface area contributed by atoms with Gasteiger partial charge in [0.05, 0.1) is 13.2 Å². The van der Waals surface area contributed by atoms with Crippen molar-refractivity contribution in [3.63, 3.8) is 0 Å². The van der Waals surface area contributed by atoms with Crippen LogP contribution in [0.5, 0.6) is 0 Å². The first-order valence-corrected chi connectivity index (χ1v) is 4.33. The zero-order valence-electron chi connectivity index (χ0n) is 8.01. The van der Waals surface area contributed by atoms with Gasteiger partial charge in [0.1, 0.15) is 5.82 Å². The van der Waals surface area contributed by atoms with Gasteiger partial charge in [0.15, 0.2) is 0 Å². The number of methoxy groups -OCH3 is 1. The molecule has 1 rings (SSSR count). The van der Waals surface area contributed by atoms with E-state index in [4.69, 9.17) is 5.73 Å². The zero-order chi connectivity index (χ0) is 10.4. The highest BCUT2D eigenvalue weighted by Gasteiger charge is 2.10. The lowest BCUT2D eigenvalue weighted by molar-refractivity contribution is -0.140. The molecule has 0 saturated heterocycles. The Morgan fingerprint density at radius 3 is 2.79 bits per heavy atom. The normalized spacial score (nSPS) is 12.1. The summed E-state index contributed by atoms with van der Waals surface area (Å²) in [5.74, 6) is 0.285. The Balaban J connectivity index is 2.43. The molecule has 0 radical (unpaired) electrons. The van der Waals surface area contributed by atoms with Gasteiger partial charge in [0.25, 0.3) is 0 Å². The molecule has 0 aromatic carbocycles. The van der Waals surface area contributed by atoms with Crippen LogP contribution in [-0.2, 0) is 9.53 Å². The van der Waals surface area contributed by atoms with Crippen LogP contribution in [0.3, 0.4) is 0 Å². The van der Waals surface area contributed by atoms with Crippen LogP contribution >= 0.6 is 0 Å². The second-order valence-electron chi connectivity index (χ2n) is 2.83. The van der Waals surface area contributed by atoms with Crippen molar-refractivity contribution >= 4 is 5.97 Å². The minimum absolute atomic E-state index is 0.267. The number of hydrogen-bond donors (Lipinski definition) is 1. The highest BCUT2D eigenvalue weighted by molar-refractivity contribution is 5.69. The fourth-order valence-electron chi connectivity index (χ4n) is 1.01. The number of rotatable bonds is 4. The van der Waals surface area contributed by atoms with Crippen molar-refractivity contribution in [2.75, 3.05) is 7.11 Å². The Kier molecular flexibility index (Phi) is 4.00. The van der Waals surface area contributed by atoms with E-state index in [1.807, 2.05) is 0 Å². The summed E-state index contributed by atoms with van der Waals surface area (Å²) >= 11 is 0. The Bertz CT molecular complexity index is 289. The Labute approximate surface area is 82.3 Å². The Hall–Kier alpha value is -1.49. The van der Waals surface area contributed by atoms with Gasteiger partial charge in [0.2, 0.25) is 0 Å². The summed E-state index contributed by atoms with van der Waals surface area (Å²) in [6, 6.07) is 1.41. The molecule has 76 valence electrons. The van der Waals surface area contributed by atoms with Gasteiger partial charge in [-0.2, -0.15) is 0 Å². The van der Waals surface area contributed by atoms with Crippen LogP contribution in [0.1, 0.15) is 24.7 Å². The van der Waals surface area contributed by atoms with E-state index in [9.17, 15) is 4.79 Å². The maximum Gasteiger partial charge on any atom is 0.305 e. The number of nitrogens with two attached hydrogens (primary N) is 1. The van der Waals surface area contributed by atoms with Gasteiger partial charge in [0, 0.05) is 18.8 Å². The topological polar surface area (TPSA) is 78.1 Å². The number of ether oxygens (including phenoxy) is 1. The van der Waals surface area contributed by atoms with Gasteiger partial charge >= 0.3 is 5.97 Å². The lowest BCUT2D eigenvalue weighted by Gasteiger charge is -2.07. The summed E-state index contributed by atoms with van der Waals surface area (Å²) < 4.78 is 4.50. The lowest BCUT2D eigenvalue weighted by Crippen LogP contribution is -2.15. The molecule has 0 spiro atoms. The van der Waals surface area contributed by atoms with E-state index >= 15 is 0 Å². The lowest BCUT2D eigenvalue weighted by atomic mass is 10.1. The largest absolute Gasteiger partial charge is 0.469 e. The molecule has 14 heavy (non-hydrogen) atoms. The second-order valence-corrected chi connectivity index (χ2v) is 2.83. The molecule has 0 aliphatic rings. The highest BCUT2D eigenvalue weighted by atomic mass is 16.5. The summed E-state index contributed by atoms with van der Waals surface area (Å²) in [7, 11) is 1.35. The van der Waals surface area contributed by atoms with Crippen LogP contribution < -0.4 is 5.73 Å². The molecule has 0 amide bonds. The van der Waals surface area contributed by atoms with Gasteiger partial charge in [-0.15, -0.1) is 0 Å². The smallest absolute Gasteiger partial charge is 0.305 e.